The second-order valence-electron chi connectivity index (χ2n) is 5.33. The smallest absolute Gasteiger partial charge is 0.331 e. The molecule has 2 N–H and O–H groups in total. The largest absolute Gasteiger partial charge is 0.442 e. The van der Waals surface area contributed by atoms with Crippen LogP contribution in [0.4, 0.5) is 19.0 Å². The average Bonchev–Trinajstić information content (AvgIpc) is 2.86. The van der Waals surface area contributed by atoms with Crippen LogP contribution in [0.25, 0.3) is 0 Å². The first-order chi connectivity index (χ1) is 11.3. The van der Waals surface area contributed by atoms with Gasteiger partial charge < -0.3 is 10.6 Å². The number of hydrogen-bond acceptors (Lipinski definition) is 4. The number of amidine groups is 1. The van der Waals surface area contributed by atoms with Gasteiger partial charge in [-0.3, -0.25) is 4.79 Å². The van der Waals surface area contributed by atoms with Crippen LogP contribution >= 0.6 is 0 Å². The molecule has 24 heavy (non-hydrogen) atoms. The minimum absolute atomic E-state index is 0.0828. The number of aliphatic imine (C=N–C) groups is 1. The third-order valence-corrected chi connectivity index (χ3v) is 3.52. The van der Waals surface area contributed by atoms with Crippen molar-refractivity contribution in [3.63, 3.8) is 0 Å². The Morgan fingerprint density at radius 2 is 1.88 bits per heavy atom. The number of carbonyl (C=O) groups is 1. The molecule has 3 rings (SSSR count). The minimum atomic E-state index is -4.95. The van der Waals surface area contributed by atoms with E-state index in [0.717, 1.165) is 0 Å². The maximum Gasteiger partial charge on any atom is 0.442 e. The molecular formula is C16H13F3N4O. The summed E-state index contributed by atoms with van der Waals surface area (Å²) in [6.07, 6.45) is -3.59. The fraction of sp³-hybridized carbons (Fsp3) is 0.188. The van der Waals surface area contributed by atoms with Crippen molar-refractivity contribution in [1.29, 1.82) is 0 Å². The minimum Gasteiger partial charge on any atom is -0.331 e. The van der Waals surface area contributed by atoms with Gasteiger partial charge in [0, 0.05) is 11.8 Å². The van der Waals surface area contributed by atoms with Gasteiger partial charge in [-0.1, -0.05) is 30.3 Å². The lowest BCUT2D eigenvalue weighted by Crippen LogP contribution is -2.57. The Balaban J connectivity index is 2.06. The highest BCUT2D eigenvalue weighted by Crippen LogP contribution is 2.37. The molecule has 0 bridgehead atoms. The fourth-order valence-electron chi connectivity index (χ4n) is 2.31. The fourth-order valence-corrected chi connectivity index (χ4v) is 2.31. The molecular weight excluding hydrogens is 321 g/mol. The third-order valence-electron chi connectivity index (χ3n) is 3.52. The SMILES string of the molecule is Cc1ccnc(N[C@]2(C(F)(F)F)N=C(c3ccccc3)NC2=O)c1. The Bertz CT molecular complexity index is 804. The van der Waals surface area contributed by atoms with Crippen molar-refractivity contribution in [3.8, 4) is 0 Å². The van der Waals surface area contributed by atoms with E-state index < -0.39 is 17.7 Å². The van der Waals surface area contributed by atoms with Gasteiger partial charge in [-0.2, -0.15) is 13.2 Å². The summed E-state index contributed by atoms with van der Waals surface area (Å²) < 4.78 is 41.1. The monoisotopic (exact) mass is 334 g/mol. The normalized spacial score (nSPS) is 20.5. The third kappa shape index (κ3) is 2.70. The number of alkyl halides is 3. The molecule has 0 radical (unpaired) electrons. The highest BCUT2D eigenvalue weighted by molar-refractivity contribution is 6.16. The maximum atomic E-state index is 13.7. The van der Waals surface area contributed by atoms with Crippen LogP contribution in [0, 0.1) is 6.92 Å². The Labute approximate surface area is 135 Å². The number of benzene rings is 1. The van der Waals surface area contributed by atoms with E-state index in [1.165, 1.54) is 12.3 Å². The van der Waals surface area contributed by atoms with Crippen LogP contribution in [-0.2, 0) is 4.79 Å². The van der Waals surface area contributed by atoms with Crippen molar-refractivity contribution in [2.75, 3.05) is 5.32 Å². The van der Waals surface area contributed by atoms with Gasteiger partial charge in [0.25, 0.3) is 5.91 Å². The molecule has 8 heteroatoms. The predicted molar refractivity (Wildman–Crippen MR) is 82.5 cm³/mol. The molecule has 2 aromatic rings. The van der Waals surface area contributed by atoms with E-state index in [-0.39, 0.29) is 11.7 Å². The van der Waals surface area contributed by atoms with Gasteiger partial charge >= 0.3 is 11.8 Å². The standard InChI is InChI=1S/C16H13F3N4O/c1-10-7-8-20-12(9-10)22-15(16(17,18)19)14(24)21-13(23-15)11-5-3-2-4-6-11/h2-9H,1H3,(H,20,22)(H,21,23,24)/t15-/m0/s1. The highest BCUT2D eigenvalue weighted by Gasteiger charge is 2.64. The van der Waals surface area contributed by atoms with Crippen molar-refractivity contribution in [3.05, 3.63) is 59.8 Å². The average molecular weight is 334 g/mol. The number of anilines is 1. The molecule has 1 aromatic heterocycles. The van der Waals surface area contributed by atoms with E-state index >= 15 is 0 Å². The van der Waals surface area contributed by atoms with E-state index in [9.17, 15) is 18.0 Å². The summed E-state index contributed by atoms with van der Waals surface area (Å²) in [5.74, 6) is -1.52. The summed E-state index contributed by atoms with van der Waals surface area (Å²) in [5.41, 5.74) is -2.02. The molecule has 1 aliphatic heterocycles. The van der Waals surface area contributed by atoms with E-state index in [4.69, 9.17) is 0 Å². The number of aromatic nitrogens is 1. The zero-order valence-electron chi connectivity index (χ0n) is 12.6. The van der Waals surface area contributed by atoms with Crippen LogP contribution in [0.2, 0.25) is 0 Å². The molecule has 0 spiro atoms. The number of amides is 1. The zero-order valence-corrected chi connectivity index (χ0v) is 12.6. The number of pyridine rings is 1. The lowest BCUT2D eigenvalue weighted by molar-refractivity contribution is -0.181. The van der Waals surface area contributed by atoms with Crippen molar-refractivity contribution >= 4 is 17.6 Å². The first kappa shape index (κ1) is 16.0. The van der Waals surface area contributed by atoms with Gasteiger partial charge in [0.2, 0.25) is 0 Å². The maximum absolute atomic E-state index is 13.7. The number of nitrogens with one attached hydrogen (secondary N) is 2. The molecule has 0 unspecified atom stereocenters. The summed E-state index contributed by atoms with van der Waals surface area (Å²) in [7, 11) is 0. The Kier molecular flexibility index (Phi) is 3.75. The van der Waals surface area contributed by atoms with E-state index in [1.54, 1.807) is 43.3 Å². The van der Waals surface area contributed by atoms with E-state index in [0.29, 0.717) is 11.1 Å². The summed E-state index contributed by atoms with van der Waals surface area (Å²) in [5, 5.41) is 4.35. The van der Waals surface area contributed by atoms with Crippen molar-refractivity contribution < 1.29 is 18.0 Å². The molecule has 124 valence electrons. The number of rotatable bonds is 3. The van der Waals surface area contributed by atoms with Crippen LogP contribution in [0.1, 0.15) is 11.1 Å². The van der Waals surface area contributed by atoms with Crippen LogP contribution in [0.5, 0.6) is 0 Å². The van der Waals surface area contributed by atoms with Gasteiger partial charge in [-0.25, -0.2) is 9.98 Å². The number of halogens is 3. The quantitative estimate of drug-likeness (QED) is 0.907. The summed E-state index contributed by atoms with van der Waals surface area (Å²) in [6, 6.07) is 11.2. The Hall–Kier alpha value is -2.90. The topological polar surface area (TPSA) is 66.4 Å². The van der Waals surface area contributed by atoms with E-state index in [2.05, 4.69) is 20.6 Å². The Morgan fingerprint density at radius 1 is 1.17 bits per heavy atom. The predicted octanol–water partition coefficient (Wildman–Crippen LogP) is 2.64. The van der Waals surface area contributed by atoms with E-state index in [1.807, 2.05) is 0 Å². The van der Waals surface area contributed by atoms with Gasteiger partial charge in [0.1, 0.15) is 11.7 Å². The Morgan fingerprint density at radius 3 is 2.50 bits per heavy atom. The molecule has 2 heterocycles. The number of carbonyl (C=O) groups excluding carboxylic acids is 1. The summed E-state index contributed by atoms with van der Waals surface area (Å²) in [4.78, 5) is 19.7. The van der Waals surface area contributed by atoms with Crippen LogP contribution in [-0.4, -0.2) is 28.6 Å². The molecule has 5 nitrogen and oxygen atoms in total. The number of nitrogens with zero attached hydrogens (tertiary/aromatic N) is 2. The molecule has 0 aliphatic carbocycles. The van der Waals surface area contributed by atoms with Crippen molar-refractivity contribution in [2.24, 2.45) is 4.99 Å². The van der Waals surface area contributed by atoms with Crippen molar-refractivity contribution in [2.45, 2.75) is 18.8 Å². The summed E-state index contributed by atoms with van der Waals surface area (Å²) >= 11 is 0. The molecule has 0 saturated heterocycles. The second-order valence-corrected chi connectivity index (χ2v) is 5.33. The first-order valence-corrected chi connectivity index (χ1v) is 7.06. The molecule has 1 aliphatic rings. The zero-order chi connectivity index (χ0) is 17.4. The lowest BCUT2D eigenvalue weighted by Gasteiger charge is -2.27. The first-order valence-electron chi connectivity index (χ1n) is 7.06. The highest BCUT2D eigenvalue weighted by atomic mass is 19.4. The molecule has 0 fully saturated rings. The second kappa shape index (κ2) is 5.63. The molecule has 1 atom stereocenters. The number of hydrogen-bond donors (Lipinski definition) is 2. The number of aryl methyl sites for hydroxylation is 1. The van der Waals surface area contributed by atoms with Crippen LogP contribution < -0.4 is 10.6 Å². The van der Waals surface area contributed by atoms with Crippen LogP contribution in [0.15, 0.2) is 53.7 Å². The molecule has 1 amide bonds. The van der Waals surface area contributed by atoms with Crippen molar-refractivity contribution in [1.82, 2.24) is 10.3 Å². The van der Waals surface area contributed by atoms with Gasteiger partial charge in [-0.15, -0.1) is 0 Å². The van der Waals surface area contributed by atoms with Gasteiger partial charge in [-0.05, 0) is 24.6 Å². The van der Waals surface area contributed by atoms with Gasteiger partial charge in [0.15, 0.2) is 0 Å². The molecule has 0 saturated carbocycles. The van der Waals surface area contributed by atoms with Gasteiger partial charge in [0.05, 0.1) is 0 Å². The summed E-state index contributed by atoms with van der Waals surface area (Å²) in [6.45, 7) is 1.71. The molecule has 1 aromatic carbocycles. The van der Waals surface area contributed by atoms with Crippen LogP contribution in [0.3, 0.4) is 0 Å². The lowest BCUT2D eigenvalue weighted by atomic mass is 10.1.